The molecule has 1 fully saturated rings. The average Bonchev–Trinajstić information content (AvgIpc) is 2.48. The Bertz CT molecular complexity index is 139. The summed E-state index contributed by atoms with van der Waals surface area (Å²) in [6, 6.07) is 0. The van der Waals surface area contributed by atoms with Gasteiger partial charge in [-0.2, -0.15) is 9.78 Å². The number of carbonyl (C=O) groups excluding carboxylic acids is 1. The van der Waals surface area contributed by atoms with Crippen LogP contribution in [-0.4, -0.2) is 11.9 Å². The highest BCUT2D eigenvalue weighted by Gasteiger charge is 2.48. The highest BCUT2D eigenvalue weighted by Crippen LogP contribution is 2.30. The van der Waals surface area contributed by atoms with Crippen LogP contribution in [0.2, 0.25) is 0 Å². The Morgan fingerprint density at radius 3 is 2.60 bits per heavy atom. The molecule has 0 atom stereocenters. The van der Waals surface area contributed by atoms with Gasteiger partial charge in [-0.3, -0.25) is 4.79 Å². The van der Waals surface area contributed by atoms with Crippen LogP contribution >= 0.6 is 0 Å². The van der Waals surface area contributed by atoms with E-state index in [-0.39, 0.29) is 5.97 Å². The molecular formula is C6H10O4. The van der Waals surface area contributed by atoms with Crippen LogP contribution in [0.4, 0.5) is 0 Å². The number of rotatable bonds is 3. The van der Waals surface area contributed by atoms with E-state index < -0.39 is 5.97 Å². The van der Waals surface area contributed by atoms with Crippen molar-refractivity contribution in [1.82, 2.24) is 0 Å². The molecule has 1 rings (SSSR count). The van der Waals surface area contributed by atoms with Crippen molar-refractivity contribution in [3.63, 3.8) is 0 Å². The van der Waals surface area contributed by atoms with Gasteiger partial charge in [0.15, 0.2) is 0 Å². The third kappa shape index (κ3) is 1.97. The zero-order chi connectivity index (χ0) is 7.61. The van der Waals surface area contributed by atoms with Crippen molar-refractivity contribution >= 4 is 5.97 Å². The summed E-state index contributed by atoms with van der Waals surface area (Å²) in [5.74, 6) is -1.37. The van der Waals surface area contributed by atoms with Gasteiger partial charge in [-0.05, 0) is 6.42 Å². The van der Waals surface area contributed by atoms with E-state index in [4.69, 9.17) is 4.74 Å². The Hall–Kier alpha value is -0.610. The Kier molecular flexibility index (Phi) is 1.92. The molecule has 0 aromatic rings. The largest absolute Gasteiger partial charge is 0.404 e. The second-order valence-corrected chi connectivity index (χ2v) is 2.25. The lowest BCUT2D eigenvalue weighted by atomic mass is 10.3. The van der Waals surface area contributed by atoms with Crippen LogP contribution in [0.3, 0.4) is 0 Å². The minimum Gasteiger partial charge on any atom is -0.404 e. The van der Waals surface area contributed by atoms with Gasteiger partial charge < -0.3 is 4.74 Å². The van der Waals surface area contributed by atoms with Gasteiger partial charge in [0, 0.05) is 13.3 Å². The second kappa shape index (κ2) is 2.56. The summed E-state index contributed by atoms with van der Waals surface area (Å²) in [7, 11) is 0. The summed E-state index contributed by atoms with van der Waals surface area (Å²) in [5, 5.41) is 0. The predicted octanol–water partition coefficient (Wildman–Crippen LogP) is 0.965. The van der Waals surface area contributed by atoms with Gasteiger partial charge in [-0.25, -0.2) is 0 Å². The minimum absolute atomic E-state index is 0.289. The Morgan fingerprint density at radius 2 is 2.20 bits per heavy atom. The van der Waals surface area contributed by atoms with Crippen molar-refractivity contribution in [3.05, 3.63) is 0 Å². The molecule has 0 radical (unpaired) electrons. The Labute approximate surface area is 59.0 Å². The molecule has 1 heterocycles. The smallest absolute Gasteiger partial charge is 0.380 e. The highest BCUT2D eigenvalue weighted by atomic mass is 17.4. The molecule has 0 aromatic carbocycles. The van der Waals surface area contributed by atoms with Crippen molar-refractivity contribution in [2.24, 2.45) is 0 Å². The van der Waals surface area contributed by atoms with Gasteiger partial charge in [-0.15, -0.1) is 0 Å². The second-order valence-electron chi connectivity index (χ2n) is 2.25. The summed E-state index contributed by atoms with van der Waals surface area (Å²) >= 11 is 0. The first-order valence-corrected chi connectivity index (χ1v) is 3.25. The van der Waals surface area contributed by atoms with Gasteiger partial charge in [-0.1, -0.05) is 6.92 Å². The van der Waals surface area contributed by atoms with Crippen molar-refractivity contribution in [3.8, 4) is 0 Å². The van der Waals surface area contributed by atoms with Crippen LogP contribution in [0.25, 0.3) is 0 Å². The van der Waals surface area contributed by atoms with Gasteiger partial charge in [0.1, 0.15) is 0 Å². The molecule has 0 N–H and O–H groups in total. The fourth-order valence-corrected chi connectivity index (χ4v) is 0.555. The third-order valence-electron chi connectivity index (χ3n) is 1.07. The lowest BCUT2D eigenvalue weighted by Crippen LogP contribution is -2.16. The Morgan fingerprint density at radius 1 is 1.60 bits per heavy atom. The van der Waals surface area contributed by atoms with E-state index in [0.29, 0.717) is 6.42 Å². The summed E-state index contributed by atoms with van der Waals surface area (Å²) in [6.07, 6.45) is 1.18. The fraction of sp³-hybridized carbons (Fsp3) is 0.833. The predicted molar refractivity (Wildman–Crippen MR) is 31.6 cm³/mol. The molecule has 4 heteroatoms. The number of hydrogen-bond acceptors (Lipinski definition) is 4. The fourth-order valence-electron chi connectivity index (χ4n) is 0.555. The van der Waals surface area contributed by atoms with Crippen LogP contribution in [0.15, 0.2) is 0 Å². The molecule has 0 saturated carbocycles. The standard InChI is InChI=1S/C6H10O4/c1-3-4-5(7)8-6(2)9-10-6/h3-4H2,1-2H3. The lowest BCUT2D eigenvalue weighted by molar-refractivity contribution is -0.159. The van der Waals surface area contributed by atoms with Crippen molar-refractivity contribution < 1.29 is 19.3 Å². The molecule has 1 aliphatic rings. The normalized spacial score (nSPS) is 20.2. The quantitative estimate of drug-likeness (QED) is 0.338. The van der Waals surface area contributed by atoms with E-state index in [0.717, 1.165) is 6.42 Å². The number of esters is 1. The minimum atomic E-state index is -1.08. The first-order valence-electron chi connectivity index (χ1n) is 3.25. The van der Waals surface area contributed by atoms with Crippen LogP contribution in [0, 0.1) is 0 Å². The van der Waals surface area contributed by atoms with Gasteiger partial charge in [0.05, 0.1) is 0 Å². The molecule has 10 heavy (non-hydrogen) atoms. The van der Waals surface area contributed by atoms with E-state index in [1.807, 2.05) is 6.92 Å². The van der Waals surface area contributed by atoms with Crippen molar-refractivity contribution in [2.75, 3.05) is 0 Å². The van der Waals surface area contributed by atoms with Crippen LogP contribution < -0.4 is 0 Å². The summed E-state index contributed by atoms with van der Waals surface area (Å²) in [6.45, 7) is 3.44. The zero-order valence-electron chi connectivity index (χ0n) is 6.05. The maximum atomic E-state index is 10.7. The molecule has 0 spiro atoms. The molecule has 58 valence electrons. The van der Waals surface area contributed by atoms with Crippen LogP contribution in [-0.2, 0) is 19.3 Å². The molecule has 0 aromatic heterocycles. The Balaban J connectivity index is 2.18. The van der Waals surface area contributed by atoms with Crippen LogP contribution in [0.5, 0.6) is 0 Å². The van der Waals surface area contributed by atoms with E-state index in [9.17, 15) is 4.79 Å². The zero-order valence-corrected chi connectivity index (χ0v) is 6.05. The molecule has 1 saturated heterocycles. The SMILES string of the molecule is CCCC(=O)OC1(C)OO1. The third-order valence-corrected chi connectivity index (χ3v) is 1.07. The van der Waals surface area contributed by atoms with Crippen molar-refractivity contribution in [1.29, 1.82) is 0 Å². The first kappa shape index (κ1) is 7.50. The molecule has 1 aliphatic heterocycles. The number of carbonyl (C=O) groups is 1. The van der Waals surface area contributed by atoms with E-state index in [1.165, 1.54) is 0 Å². The molecular weight excluding hydrogens is 136 g/mol. The van der Waals surface area contributed by atoms with Gasteiger partial charge in [0.25, 0.3) is 0 Å². The average molecular weight is 146 g/mol. The van der Waals surface area contributed by atoms with Crippen LogP contribution in [0.1, 0.15) is 26.7 Å². The molecule has 0 aliphatic carbocycles. The van der Waals surface area contributed by atoms with Gasteiger partial charge in [0.2, 0.25) is 0 Å². The molecule has 4 nitrogen and oxygen atoms in total. The number of ether oxygens (including phenoxy) is 1. The topological polar surface area (TPSA) is 51.4 Å². The highest BCUT2D eigenvalue weighted by molar-refractivity contribution is 5.69. The summed E-state index contributed by atoms with van der Waals surface area (Å²) < 4.78 is 4.71. The lowest BCUT2D eigenvalue weighted by Gasteiger charge is -2.01. The van der Waals surface area contributed by atoms with E-state index in [1.54, 1.807) is 6.92 Å². The molecule has 0 amide bonds. The summed E-state index contributed by atoms with van der Waals surface area (Å²) in [5.41, 5.74) is 0. The maximum Gasteiger partial charge on any atom is 0.380 e. The first-order chi connectivity index (χ1) is 4.66. The maximum absolute atomic E-state index is 10.7. The summed E-state index contributed by atoms with van der Waals surface area (Å²) in [4.78, 5) is 19.5. The van der Waals surface area contributed by atoms with Crippen molar-refractivity contribution in [2.45, 2.75) is 32.7 Å². The van der Waals surface area contributed by atoms with E-state index >= 15 is 0 Å². The monoisotopic (exact) mass is 146 g/mol. The van der Waals surface area contributed by atoms with E-state index in [2.05, 4.69) is 9.78 Å². The molecule has 0 unspecified atom stereocenters. The van der Waals surface area contributed by atoms with Gasteiger partial charge >= 0.3 is 11.9 Å². The molecule has 0 bridgehead atoms. The number of hydrogen-bond donors (Lipinski definition) is 0.